The van der Waals surface area contributed by atoms with Crippen LogP contribution >= 0.6 is 22.7 Å². The molecule has 0 saturated carbocycles. The third-order valence-corrected chi connectivity index (χ3v) is 5.57. The van der Waals surface area contributed by atoms with Crippen molar-refractivity contribution in [2.45, 2.75) is 6.92 Å². The molecule has 0 bridgehead atoms. The Morgan fingerprint density at radius 3 is 2.58 bits per heavy atom. The van der Waals surface area contributed by atoms with Crippen LogP contribution in [0.3, 0.4) is 0 Å². The fraction of sp³-hybridized carbons (Fsp3) is 0.167. The van der Waals surface area contributed by atoms with Gasteiger partial charge in [0.25, 0.3) is 11.8 Å². The van der Waals surface area contributed by atoms with E-state index in [1.165, 1.54) is 11.3 Å². The lowest BCUT2D eigenvalue weighted by Gasteiger charge is -2.13. The third-order valence-electron chi connectivity index (χ3n) is 3.69. The van der Waals surface area contributed by atoms with Crippen LogP contribution < -0.4 is 15.8 Å². The quantitative estimate of drug-likeness (QED) is 0.675. The summed E-state index contributed by atoms with van der Waals surface area (Å²) in [7, 11) is 3.80. The molecule has 6 nitrogen and oxygen atoms in total. The van der Waals surface area contributed by atoms with Gasteiger partial charge in [0, 0.05) is 36.3 Å². The molecule has 0 aliphatic rings. The van der Waals surface area contributed by atoms with E-state index in [0.29, 0.717) is 16.1 Å². The van der Waals surface area contributed by atoms with Gasteiger partial charge in [0.2, 0.25) is 0 Å². The second-order valence-electron chi connectivity index (χ2n) is 5.80. The van der Waals surface area contributed by atoms with Gasteiger partial charge in [-0.25, -0.2) is 4.98 Å². The molecule has 1 aromatic carbocycles. The SMILES string of the molecule is Cc1nc(-c2ccsc2)sc1C(=O)NNC(=O)c1cccc(N(C)C)c1. The van der Waals surface area contributed by atoms with Gasteiger partial charge in [-0.3, -0.25) is 20.4 Å². The summed E-state index contributed by atoms with van der Waals surface area (Å²) in [5.74, 6) is -0.749. The molecule has 0 spiro atoms. The van der Waals surface area contributed by atoms with Crippen LogP contribution in [0.1, 0.15) is 25.7 Å². The van der Waals surface area contributed by atoms with Gasteiger partial charge in [0.05, 0.1) is 5.69 Å². The van der Waals surface area contributed by atoms with Crippen molar-refractivity contribution in [3.05, 3.63) is 57.2 Å². The van der Waals surface area contributed by atoms with Crippen molar-refractivity contribution >= 4 is 40.2 Å². The predicted octanol–water partition coefficient (Wildman–Crippen LogP) is 3.32. The lowest BCUT2D eigenvalue weighted by atomic mass is 10.2. The molecule has 3 rings (SSSR count). The zero-order chi connectivity index (χ0) is 18.7. The minimum atomic E-state index is -0.376. The lowest BCUT2D eigenvalue weighted by Crippen LogP contribution is -2.41. The van der Waals surface area contributed by atoms with E-state index in [1.54, 1.807) is 36.5 Å². The molecular weight excluding hydrogens is 368 g/mol. The summed E-state index contributed by atoms with van der Waals surface area (Å²) in [6, 6.07) is 9.12. The highest BCUT2D eigenvalue weighted by Crippen LogP contribution is 2.29. The van der Waals surface area contributed by atoms with E-state index in [0.717, 1.165) is 16.3 Å². The van der Waals surface area contributed by atoms with E-state index < -0.39 is 0 Å². The summed E-state index contributed by atoms with van der Waals surface area (Å²) in [5, 5.41) is 4.74. The molecule has 0 unspecified atom stereocenters. The standard InChI is InChI=1S/C18H18N4O2S2/c1-11-15(26-18(19-11)13-7-8-25-10-13)17(24)21-20-16(23)12-5-4-6-14(9-12)22(2)3/h4-10H,1-3H3,(H,20,23)(H,21,24). The van der Waals surface area contributed by atoms with Gasteiger partial charge >= 0.3 is 0 Å². The molecule has 0 atom stereocenters. The van der Waals surface area contributed by atoms with Gasteiger partial charge in [0.1, 0.15) is 9.88 Å². The molecule has 2 aromatic heterocycles. The largest absolute Gasteiger partial charge is 0.378 e. The smallest absolute Gasteiger partial charge is 0.281 e. The maximum absolute atomic E-state index is 12.4. The second-order valence-corrected chi connectivity index (χ2v) is 7.58. The van der Waals surface area contributed by atoms with Crippen LogP contribution in [-0.2, 0) is 0 Å². The van der Waals surface area contributed by atoms with E-state index in [9.17, 15) is 9.59 Å². The van der Waals surface area contributed by atoms with E-state index in [4.69, 9.17) is 0 Å². The Hall–Kier alpha value is -2.71. The lowest BCUT2D eigenvalue weighted by molar-refractivity contribution is 0.0848. The van der Waals surface area contributed by atoms with Gasteiger partial charge < -0.3 is 4.90 Å². The van der Waals surface area contributed by atoms with Crippen LogP contribution in [-0.4, -0.2) is 30.9 Å². The number of hydrogen-bond acceptors (Lipinski definition) is 6. The highest BCUT2D eigenvalue weighted by Gasteiger charge is 2.17. The van der Waals surface area contributed by atoms with E-state index in [1.807, 2.05) is 41.9 Å². The van der Waals surface area contributed by atoms with Crippen LogP contribution in [0.2, 0.25) is 0 Å². The molecule has 2 N–H and O–H groups in total. The Morgan fingerprint density at radius 2 is 1.88 bits per heavy atom. The van der Waals surface area contributed by atoms with Crippen molar-refractivity contribution in [1.82, 2.24) is 15.8 Å². The molecule has 8 heteroatoms. The fourth-order valence-corrected chi connectivity index (χ4v) is 3.96. The topological polar surface area (TPSA) is 74.3 Å². The van der Waals surface area contributed by atoms with Crippen molar-refractivity contribution in [1.29, 1.82) is 0 Å². The van der Waals surface area contributed by atoms with Gasteiger partial charge in [-0.2, -0.15) is 11.3 Å². The maximum Gasteiger partial charge on any atom is 0.281 e. The molecule has 2 heterocycles. The second kappa shape index (κ2) is 7.67. The number of hydrazine groups is 1. The number of nitrogens with one attached hydrogen (secondary N) is 2. The number of nitrogens with zero attached hydrogens (tertiary/aromatic N) is 2. The Bertz CT molecular complexity index is 933. The van der Waals surface area contributed by atoms with Crippen molar-refractivity contribution in [2.24, 2.45) is 0 Å². The summed E-state index contributed by atoms with van der Waals surface area (Å²) in [6.07, 6.45) is 0. The molecule has 3 aromatic rings. The summed E-state index contributed by atoms with van der Waals surface area (Å²) in [5.41, 5.74) is 7.93. The van der Waals surface area contributed by atoms with Crippen molar-refractivity contribution in [3.8, 4) is 10.6 Å². The normalized spacial score (nSPS) is 10.4. The number of anilines is 1. The Balaban J connectivity index is 1.67. The average Bonchev–Trinajstić information content (AvgIpc) is 3.29. The zero-order valence-electron chi connectivity index (χ0n) is 14.6. The zero-order valence-corrected chi connectivity index (χ0v) is 16.2. The molecule has 134 valence electrons. The number of aryl methyl sites for hydroxylation is 1. The molecule has 2 amide bonds. The number of aromatic nitrogens is 1. The van der Waals surface area contributed by atoms with E-state index in [2.05, 4.69) is 15.8 Å². The molecule has 0 saturated heterocycles. The molecular formula is C18H18N4O2S2. The first kappa shape index (κ1) is 18.1. The first-order valence-electron chi connectivity index (χ1n) is 7.84. The number of rotatable bonds is 4. The molecule has 26 heavy (non-hydrogen) atoms. The number of thiophene rings is 1. The van der Waals surface area contributed by atoms with Crippen molar-refractivity contribution in [2.75, 3.05) is 19.0 Å². The molecule has 0 aliphatic carbocycles. The summed E-state index contributed by atoms with van der Waals surface area (Å²) in [6.45, 7) is 1.78. The van der Waals surface area contributed by atoms with Crippen LogP contribution in [0.5, 0.6) is 0 Å². The van der Waals surface area contributed by atoms with Gasteiger partial charge in [-0.1, -0.05) is 6.07 Å². The van der Waals surface area contributed by atoms with Gasteiger partial charge in [0.15, 0.2) is 0 Å². The van der Waals surface area contributed by atoms with Crippen LogP contribution in [0.4, 0.5) is 5.69 Å². The first-order valence-corrected chi connectivity index (χ1v) is 9.59. The first-order chi connectivity index (χ1) is 12.5. The molecule has 0 aliphatic heterocycles. The molecule has 0 radical (unpaired) electrons. The fourth-order valence-electron chi connectivity index (χ4n) is 2.28. The van der Waals surface area contributed by atoms with E-state index >= 15 is 0 Å². The Kier molecular flexibility index (Phi) is 5.34. The van der Waals surface area contributed by atoms with Gasteiger partial charge in [-0.05, 0) is 36.6 Å². The highest BCUT2D eigenvalue weighted by atomic mass is 32.1. The van der Waals surface area contributed by atoms with Gasteiger partial charge in [-0.15, -0.1) is 11.3 Å². The van der Waals surface area contributed by atoms with Crippen LogP contribution in [0, 0.1) is 6.92 Å². The number of amides is 2. The minimum Gasteiger partial charge on any atom is -0.378 e. The Labute approximate surface area is 159 Å². The summed E-state index contributed by atoms with van der Waals surface area (Å²) < 4.78 is 0. The summed E-state index contributed by atoms with van der Waals surface area (Å²) >= 11 is 2.88. The third kappa shape index (κ3) is 3.92. The summed E-state index contributed by atoms with van der Waals surface area (Å²) in [4.78, 5) is 31.5. The number of carbonyl (C=O) groups is 2. The average molecular weight is 387 g/mol. The minimum absolute atomic E-state index is 0.373. The van der Waals surface area contributed by atoms with Crippen LogP contribution in [0.15, 0.2) is 41.1 Å². The Morgan fingerprint density at radius 1 is 1.12 bits per heavy atom. The predicted molar refractivity (Wildman–Crippen MR) is 106 cm³/mol. The monoisotopic (exact) mass is 386 g/mol. The number of benzene rings is 1. The molecule has 0 fully saturated rings. The van der Waals surface area contributed by atoms with Crippen molar-refractivity contribution in [3.63, 3.8) is 0 Å². The van der Waals surface area contributed by atoms with Crippen LogP contribution in [0.25, 0.3) is 10.6 Å². The number of carbonyl (C=O) groups excluding carboxylic acids is 2. The number of hydrogen-bond donors (Lipinski definition) is 2. The highest BCUT2D eigenvalue weighted by molar-refractivity contribution is 7.17. The van der Waals surface area contributed by atoms with E-state index in [-0.39, 0.29) is 11.8 Å². The maximum atomic E-state index is 12.4. The van der Waals surface area contributed by atoms with Crippen molar-refractivity contribution < 1.29 is 9.59 Å². The number of thiazole rings is 1.